The Morgan fingerprint density at radius 1 is 1.00 bits per heavy atom. The van der Waals surface area contributed by atoms with Gasteiger partial charge in [0.15, 0.2) is 15.6 Å². The number of halogens is 1. The van der Waals surface area contributed by atoms with Crippen molar-refractivity contribution < 1.29 is 23.1 Å². The van der Waals surface area contributed by atoms with Crippen LogP contribution < -0.4 is 4.74 Å². The van der Waals surface area contributed by atoms with Crippen molar-refractivity contribution >= 4 is 27.4 Å². The summed E-state index contributed by atoms with van der Waals surface area (Å²) >= 11 is 5.76. The minimum atomic E-state index is -3.83. The van der Waals surface area contributed by atoms with Crippen molar-refractivity contribution in [2.45, 2.75) is 4.90 Å². The summed E-state index contributed by atoms with van der Waals surface area (Å²) in [6, 6.07) is 12.2. The Balaban J connectivity index is 2.15. The van der Waals surface area contributed by atoms with E-state index in [2.05, 4.69) is 0 Å². The Kier molecular flexibility index (Phi) is 4.50. The Labute approximate surface area is 126 Å². The van der Waals surface area contributed by atoms with Crippen molar-refractivity contribution in [1.29, 1.82) is 0 Å². The van der Waals surface area contributed by atoms with E-state index in [0.717, 1.165) is 0 Å². The van der Waals surface area contributed by atoms with Crippen LogP contribution in [0.25, 0.3) is 0 Å². The van der Waals surface area contributed by atoms with E-state index in [0.29, 0.717) is 16.5 Å². The van der Waals surface area contributed by atoms with Crippen LogP contribution >= 0.6 is 11.6 Å². The van der Waals surface area contributed by atoms with E-state index in [1.54, 1.807) is 24.3 Å². The molecule has 0 saturated heterocycles. The molecule has 5 nitrogen and oxygen atoms in total. The number of hydrogen-bond acceptors (Lipinski definition) is 4. The van der Waals surface area contributed by atoms with Crippen LogP contribution in [0.3, 0.4) is 0 Å². The third-order valence-corrected chi connectivity index (χ3v) is 4.42. The van der Waals surface area contributed by atoms with E-state index < -0.39 is 21.6 Å². The Morgan fingerprint density at radius 3 is 1.95 bits per heavy atom. The summed E-state index contributed by atoms with van der Waals surface area (Å²) in [4.78, 5) is 10.4. The number of carbonyl (C=O) groups is 1. The molecule has 0 amide bonds. The first-order valence-corrected chi connectivity index (χ1v) is 7.88. The van der Waals surface area contributed by atoms with Gasteiger partial charge in [0.05, 0.1) is 4.90 Å². The molecule has 1 N–H and O–H groups in total. The zero-order chi connectivity index (χ0) is 15.5. The fourth-order valence-corrected chi connectivity index (χ4v) is 2.77. The average molecular weight is 327 g/mol. The number of carboxylic acids is 1. The van der Waals surface area contributed by atoms with Gasteiger partial charge >= 0.3 is 5.97 Å². The predicted molar refractivity (Wildman–Crippen MR) is 77.7 cm³/mol. The number of sulfone groups is 1. The quantitative estimate of drug-likeness (QED) is 0.913. The van der Waals surface area contributed by atoms with Crippen molar-refractivity contribution in [2.24, 2.45) is 0 Å². The fraction of sp³-hybridized carbons (Fsp3) is 0.0714. The lowest BCUT2D eigenvalue weighted by atomic mass is 10.3. The van der Waals surface area contributed by atoms with Crippen LogP contribution in [0.5, 0.6) is 11.5 Å². The van der Waals surface area contributed by atoms with Gasteiger partial charge in [0.25, 0.3) is 0 Å². The van der Waals surface area contributed by atoms with E-state index in [1.165, 1.54) is 24.3 Å². The number of benzene rings is 2. The molecule has 2 aromatic rings. The molecule has 0 unspecified atom stereocenters. The van der Waals surface area contributed by atoms with Gasteiger partial charge in [-0.2, -0.15) is 0 Å². The van der Waals surface area contributed by atoms with Gasteiger partial charge in [0, 0.05) is 5.02 Å². The van der Waals surface area contributed by atoms with Crippen molar-refractivity contribution in [3.8, 4) is 11.5 Å². The molecule has 110 valence electrons. The monoisotopic (exact) mass is 326 g/mol. The normalized spacial score (nSPS) is 11.1. The minimum Gasteiger partial charge on any atom is -0.480 e. The summed E-state index contributed by atoms with van der Waals surface area (Å²) in [6.07, 6.45) is 0. The first kappa shape index (κ1) is 15.3. The molecular weight excluding hydrogens is 316 g/mol. The van der Waals surface area contributed by atoms with Crippen LogP contribution in [0.1, 0.15) is 0 Å². The molecule has 0 spiro atoms. The summed E-state index contributed by atoms with van der Waals surface area (Å²) in [5, 5.41) is 9.15. The minimum absolute atomic E-state index is 0.0617. The first-order chi connectivity index (χ1) is 9.87. The molecular formula is C14H11ClO5S. The van der Waals surface area contributed by atoms with Crippen molar-refractivity contribution in [3.63, 3.8) is 0 Å². The summed E-state index contributed by atoms with van der Waals surface area (Å²) in [7, 11) is -3.83. The fourth-order valence-electron chi connectivity index (χ4n) is 1.60. The highest BCUT2D eigenvalue weighted by Crippen LogP contribution is 2.24. The van der Waals surface area contributed by atoms with E-state index >= 15 is 0 Å². The number of carboxylic acid groups (broad SMARTS) is 1. The maximum absolute atomic E-state index is 11.7. The van der Waals surface area contributed by atoms with Crippen LogP contribution in [0, 0.1) is 0 Å². The van der Waals surface area contributed by atoms with Gasteiger partial charge in [0.2, 0.25) is 0 Å². The average Bonchev–Trinajstić information content (AvgIpc) is 2.41. The predicted octanol–water partition coefficient (Wildman–Crippen LogP) is 2.99. The standard InChI is InChI=1S/C14H11ClO5S/c15-10-1-3-11(4-2-10)20-12-5-7-13(8-6-12)21(18,19)9-14(16)17/h1-8H,9H2,(H,16,17). The second kappa shape index (κ2) is 6.15. The molecule has 0 saturated carbocycles. The molecule has 0 atom stereocenters. The van der Waals surface area contributed by atoms with Crippen LogP contribution in [0.2, 0.25) is 5.02 Å². The zero-order valence-electron chi connectivity index (χ0n) is 10.7. The number of hydrogen-bond donors (Lipinski definition) is 1. The smallest absolute Gasteiger partial charge is 0.319 e. The number of ether oxygens (including phenoxy) is 1. The van der Waals surface area contributed by atoms with E-state index in [4.69, 9.17) is 21.4 Å². The van der Waals surface area contributed by atoms with Crippen LogP contribution in [-0.4, -0.2) is 25.2 Å². The molecule has 0 radical (unpaired) electrons. The van der Waals surface area contributed by atoms with E-state index in [9.17, 15) is 13.2 Å². The lowest BCUT2D eigenvalue weighted by Crippen LogP contribution is -2.15. The lowest BCUT2D eigenvalue weighted by Gasteiger charge is -2.07. The van der Waals surface area contributed by atoms with Crippen molar-refractivity contribution in [3.05, 3.63) is 53.6 Å². The van der Waals surface area contributed by atoms with Gasteiger partial charge in [-0.15, -0.1) is 0 Å². The highest BCUT2D eigenvalue weighted by molar-refractivity contribution is 7.92. The van der Waals surface area contributed by atoms with Crippen molar-refractivity contribution in [2.75, 3.05) is 5.75 Å². The second-order valence-electron chi connectivity index (χ2n) is 4.18. The van der Waals surface area contributed by atoms with Crippen molar-refractivity contribution in [1.82, 2.24) is 0 Å². The van der Waals surface area contributed by atoms with Gasteiger partial charge in [-0.05, 0) is 48.5 Å². The molecule has 0 aliphatic carbocycles. The summed E-state index contributed by atoms with van der Waals surface area (Å²) in [5.74, 6) is -1.34. The number of rotatable bonds is 5. The van der Waals surface area contributed by atoms with Crippen LogP contribution in [0.15, 0.2) is 53.4 Å². The Bertz CT molecular complexity index is 736. The van der Waals surface area contributed by atoms with Gasteiger partial charge < -0.3 is 9.84 Å². The van der Waals surface area contributed by atoms with Gasteiger partial charge in [-0.3, -0.25) is 4.79 Å². The van der Waals surface area contributed by atoms with Crippen LogP contribution in [-0.2, 0) is 14.6 Å². The summed E-state index contributed by atoms with van der Waals surface area (Å²) in [5.41, 5.74) is 0. The maximum atomic E-state index is 11.7. The highest BCUT2D eigenvalue weighted by atomic mass is 35.5. The topological polar surface area (TPSA) is 80.7 Å². The molecule has 2 rings (SSSR count). The molecule has 0 aliphatic rings. The highest BCUT2D eigenvalue weighted by Gasteiger charge is 2.18. The van der Waals surface area contributed by atoms with E-state index in [-0.39, 0.29) is 4.90 Å². The van der Waals surface area contributed by atoms with Crippen LogP contribution in [0.4, 0.5) is 0 Å². The summed E-state index contributed by atoms with van der Waals surface area (Å²) in [6.45, 7) is 0. The molecule has 0 aromatic heterocycles. The lowest BCUT2D eigenvalue weighted by molar-refractivity contribution is -0.134. The maximum Gasteiger partial charge on any atom is 0.319 e. The summed E-state index contributed by atoms with van der Waals surface area (Å²) < 4.78 is 28.9. The SMILES string of the molecule is O=C(O)CS(=O)(=O)c1ccc(Oc2ccc(Cl)cc2)cc1. The molecule has 0 fully saturated rings. The first-order valence-electron chi connectivity index (χ1n) is 5.85. The van der Waals surface area contributed by atoms with Gasteiger partial charge in [0.1, 0.15) is 11.5 Å². The largest absolute Gasteiger partial charge is 0.480 e. The Morgan fingerprint density at radius 2 is 1.48 bits per heavy atom. The van der Waals surface area contributed by atoms with E-state index in [1.807, 2.05) is 0 Å². The zero-order valence-corrected chi connectivity index (χ0v) is 12.3. The third-order valence-electron chi connectivity index (χ3n) is 2.55. The van der Waals surface area contributed by atoms with Gasteiger partial charge in [-0.1, -0.05) is 11.6 Å². The molecule has 0 aliphatic heterocycles. The third kappa shape index (κ3) is 4.21. The second-order valence-corrected chi connectivity index (χ2v) is 6.61. The molecule has 21 heavy (non-hydrogen) atoms. The number of aliphatic carboxylic acids is 1. The molecule has 0 heterocycles. The Hall–Kier alpha value is -2.05. The van der Waals surface area contributed by atoms with Gasteiger partial charge in [-0.25, -0.2) is 8.42 Å². The molecule has 0 bridgehead atoms. The molecule has 2 aromatic carbocycles. The molecule has 7 heteroatoms.